The largest absolute Gasteiger partial charge is 0.326 e. The summed E-state index contributed by atoms with van der Waals surface area (Å²) < 4.78 is 0. The van der Waals surface area contributed by atoms with Crippen LogP contribution in [0.25, 0.3) is 0 Å². The fraction of sp³-hybridized carbons (Fsp3) is 0.258. The second kappa shape index (κ2) is 10.8. The zero-order valence-electron chi connectivity index (χ0n) is 23.9. The molecule has 0 radical (unpaired) electrons. The number of nitrogens with zero attached hydrogens (tertiary/aromatic N) is 5. The van der Waals surface area contributed by atoms with Crippen LogP contribution in [0.3, 0.4) is 0 Å². The molecule has 12 nitrogen and oxygen atoms in total. The van der Waals surface area contributed by atoms with Crippen LogP contribution in [-0.4, -0.2) is 55.3 Å². The summed E-state index contributed by atoms with van der Waals surface area (Å²) >= 11 is 0. The number of H-pyrrole nitrogens is 1. The zero-order valence-corrected chi connectivity index (χ0v) is 23.9. The summed E-state index contributed by atoms with van der Waals surface area (Å²) in [7, 11) is 0. The van der Waals surface area contributed by atoms with Crippen molar-refractivity contribution in [3.63, 3.8) is 0 Å². The van der Waals surface area contributed by atoms with E-state index in [1.54, 1.807) is 47.4 Å². The van der Waals surface area contributed by atoms with Gasteiger partial charge in [-0.1, -0.05) is 50.1 Å². The average molecular weight is 579 g/mol. The number of fused-ring (bicyclic) bond motifs is 1. The minimum atomic E-state index is -0.418. The number of urea groups is 1. The predicted octanol–water partition coefficient (Wildman–Crippen LogP) is 4.75. The first-order valence-electron chi connectivity index (χ1n) is 13.9. The maximum Gasteiger partial charge on any atom is 0.326 e. The van der Waals surface area contributed by atoms with E-state index < -0.39 is 11.9 Å². The van der Waals surface area contributed by atoms with Crippen molar-refractivity contribution < 1.29 is 19.2 Å². The minimum Gasteiger partial charge on any atom is -0.308 e. The normalized spacial score (nSPS) is 14.4. The fourth-order valence-corrected chi connectivity index (χ4v) is 4.95. The standard InChI is InChI=1S/C31H30N8O4/c1-31(2,3)20-8-11-22(12-9-20)38(17-18-4-6-19(7-5-18)26(40)33-29-34-36-37-35-29)30(43)32-21-10-15-24-25(16-21)28(42)39(27(24)41)23-13-14-23/h4-12,15-16,23H,13-14,17H2,1-3H3,(H,32,43)(H2,33,34,35,36,37,40). The lowest BCUT2D eigenvalue weighted by molar-refractivity contribution is 0.0642. The summed E-state index contributed by atoms with van der Waals surface area (Å²) in [5.74, 6) is -0.939. The fourth-order valence-electron chi connectivity index (χ4n) is 4.95. The second-order valence-corrected chi connectivity index (χ2v) is 11.7. The van der Waals surface area contributed by atoms with Gasteiger partial charge in [0.2, 0.25) is 0 Å². The molecule has 6 rings (SSSR count). The van der Waals surface area contributed by atoms with Gasteiger partial charge in [-0.25, -0.2) is 4.79 Å². The summed E-state index contributed by atoms with van der Waals surface area (Å²) in [6.45, 7) is 6.55. The Labute approximate surface area is 247 Å². The number of benzene rings is 3. The van der Waals surface area contributed by atoms with E-state index >= 15 is 0 Å². The summed E-state index contributed by atoms with van der Waals surface area (Å²) in [5, 5.41) is 18.6. The van der Waals surface area contributed by atoms with E-state index in [0.717, 1.165) is 24.0 Å². The molecule has 1 saturated carbocycles. The van der Waals surface area contributed by atoms with Gasteiger partial charge in [-0.15, -0.1) is 5.10 Å². The van der Waals surface area contributed by atoms with Gasteiger partial charge in [0.1, 0.15) is 0 Å². The minimum absolute atomic E-state index is 0.0338. The Balaban J connectivity index is 1.24. The number of carbonyl (C=O) groups is 4. The van der Waals surface area contributed by atoms with E-state index in [1.165, 1.54) is 4.90 Å². The molecule has 0 unspecified atom stereocenters. The van der Waals surface area contributed by atoms with Crippen molar-refractivity contribution in [2.45, 2.75) is 51.6 Å². The molecule has 1 aliphatic heterocycles. The van der Waals surface area contributed by atoms with Crippen molar-refractivity contribution in [1.82, 2.24) is 25.5 Å². The Hall–Kier alpha value is -5.39. The maximum atomic E-state index is 13.7. The van der Waals surface area contributed by atoms with Crippen LogP contribution in [0.5, 0.6) is 0 Å². The molecule has 5 amide bonds. The highest BCUT2D eigenvalue weighted by Gasteiger charge is 2.44. The van der Waals surface area contributed by atoms with E-state index in [4.69, 9.17) is 0 Å². The van der Waals surface area contributed by atoms with Gasteiger partial charge in [-0.05, 0) is 77.1 Å². The van der Waals surface area contributed by atoms with Crippen molar-refractivity contribution in [3.8, 4) is 0 Å². The Morgan fingerprint density at radius 1 is 0.930 bits per heavy atom. The lowest BCUT2D eigenvalue weighted by Gasteiger charge is -2.25. The van der Waals surface area contributed by atoms with Crippen LogP contribution in [0.4, 0.5) is 22.1 Å². The molecule has 43 heavy (non-hydrogen) atoms. The van der Waals surface area contributed by atoms with Crippen molar-refractivity contribution in [2.24, 2.45) is 0 Å². The number of aromatic amines is 1. The van der Waals surface area contributed by atoms with Crippen LogP contribution in [0.15, 0.2) is 66.7 Å². The van der Waals surface area contributed by atoms with Crippen LogP contribution in [0.1, 0.15) is 75.8 Å². The number of carbonyl (C=O) groups excluding carboxylic acids is 4. The highest BCUT2D eigenvalue weighted by molar-refractivity contribution is 6.22. The number of amides is 5. The molecule has 2 heterocycles. The number of hydrogen-bond donors (Lipinski definition) is 3. The number of anilines is 3. The number of tetrazole rings is 1. The highest BCUT2D eigenvalue weighted by Crippen LogP contribution is 2.35. The number of imide groups is 1. The van der Waals surface area contributed by atoms with Crippen molar-refractivity contribution >= 4 is 41.1 Å². The van der Waals surface area contributed by atoms with E-state index in [0.29, 0.717) is 28.1 Å². The molecule has 1 aliphatic carbocycles. The van der Waals surface area contributed by atoms with E-state index in [9.17, 15) is 19.2 Å². The van der Waals surface area contributed by atoms with Crippen LogP contribution < -0.4 is 15.5 Å². The molecule has 0 spiro atoms. The third-order valence-corrected chi connectivity index (χ3v) is 7.50. The van der Waals surface area contributed by atoms with E-state index in [2.05, 4.69) is 52.0 Å². The van der Waals surface area contributed by atoms with Crippen LogP contribution >= 0.6 is 0 Å². The Bertz CT molecular complexity index is 1710. The van der Waals surface area contributed by atoms with Crippen LogP contribution in [0, 0.1) is 0 Å². The van der Waals surface area contributed by atoms with E-state index in [-0.39, 0.29) is 35.8 Å². The quantitative estimate of drug-likeness (QED) is 0.268. The predicted molar refractivity (Wildman–Crippen MR) is 159 cm³/mol. The number of aromatic nitrogens is 4. The number of rotatable bonds is 7. The SMILES string of the molecule is CC(C)(C)c1ccc(N(Cc2ccc(C(=O)Nc3nn[nH]n3)cc2)C(=O)Nc2ccc3c(c2)C(=O)N(C2CC2)C3=O)cc1. The first-order chi connectivity index (χ1) is 20.6. The van der Waals surface area contributed by atoms with Crippen molar-refractivity contribution in [2.75, 3.05) is 15.5 Å². The lowest BCUT2D eigenvalue weighted by atomic mass is 9.87. The first-order valence-corrected chi connectivity index (χ1v) is 13.9. The Kier molecular flexibility index (Phi) is 6.96. The summed E-state index contributed by atoms with van der Waals surface area (Å²) in [6.07, 6.45) is 1.64. The summed E-state index contributed by atoms with van der Waals surface area (Å²) in [5.41, 5.74) is 3.95. The third kappa shape index (κ3) is 5.71. The van der Waals surface area contributed by atoms with Crippen LogP contribution in [0.2, 0.25) is 0 Å². The summed E-state index contributed by atoms with van der Waals surface area (Å²) in [4.78, 5) is 54.9. The Morgan fingerprint density at radius 2 is 1.63 bits per heavy atom. The maximum absolute atomic E-state index is 13.7. The Morgan fingerprint density at radius 3 is 2.26 bits per heavy atom. The second-order valence-electron chi connectivity index (χ2n) is 11.7. The monoisotopic (exact) mass is 578 g/mol. The van der Waals surface area contributed by atoms with E-state index in [1.807, 2.05) is 24.3 Å². The van der Waals surface area contributed by atoms with Gasteiger partial charge in [0, 0.05) is 23.0 Å². The molecular weight excluding hydrogens is 548 g/mol. The van der Waals surface area contributed by atoms with Crippen molar-refractivity contribution in [1.29, 1.82) is 0 Å². The highest BCUT2D eigenvalue weighted by atomic mass is 16.2. The van der Waals surface area contributed by atoms with Gasteiger partial charge < -0.3 is 5.32 Å². The molecule has 3 N–H and O–H groups in total. The van der Waals surface area contributed by atoms with Crippen molar-refractivity contribution in [3.05, 3.63) is 94.5 Å². The first kappa shape index (κ1) is 27.8. The average Bonchev–Trinajstić information content (AvgIpc) is 3.62. The smallest absolute Gasteiger partial charge is 0.308 e. The van der Waals surface area contributed by atoms with Crippen LogP contribution in [-0.2, 0) is 12.0 Å². The molecular formula is C31H30N8O4. The van der Waals surface area contributed by atoms with Gasteiger partial charge in [0.05, 0.1) is 17.7 Å². The molecule has 218 valence electrons. The molecule has 0 saturated heterocycles. The molecule has 4 aromatic rings. The van der Waals surface area contributed by atoms with Gasteiger partial charge in [-0.3, -0.25) is 29.5 Å². The summed E-state index contributed by atoms with van der Waals surface area (Å²) in [6, 6.07) is 18.9. The van der Waals surface area contributed by atoms with Gasteiger partial charge in [0.25, 0.3) is 23.7 Å². The third-order valence-electron chi connectivity index (χ3n) is 7.50. The molecule has 0 bridgehead atoms. The van der Waals surface area contributed by atoms with Gasteiger partial charge in [-0.2, -0.15) is 5.21 Å². The molecule has 1 fully saturated rings. The molecule has 3 aromatic carbocycles. The number of hydrogen-bond acceptors (Lipinski definition) is 7. The lowest BCUT2D eigenvalue weighted by Crippen LogP contribution is -2.34. The molecule has 12 heteroatoms. The topological polar surface area (TPSA) is 153 Å². The molecule has 0 atom stereocenters. The van der Waals surface area contributed by atoms with Gasteiger partial charge >= 0.3 is 6.03 Å². The molecule has 2 aliphatic rings. The van der Waals surface area contributed by atoms with Gasteiger partial charge in [0.15, 0.2) is 0 Å². The number of nitrogens with one attached hydrogen (secondary N) is 3. The molecule has 1 aromatic heterocycles. The zero-order chi connectivity index (χ0) is 30.3.